The zero-order valence-electron chi connectivity index (χ0n) is 8.76. The van der Waals surface area contributed by atoms with Crippen molar-refractivity contribution in [3.8, 4) is 0 Å². The average molecular weight is 225 g/mol. The van der Waals surface area contributed by atoms with Crippen LogP contribution in [0.15, 0.2) is 6.33 Å². The van der Waals surface area contributed by atoms with E-state index in [1.54, 1.807) is 0 Å². The molecule has 0 aliphatic rings. The average Bonchev–Trinajstić information content (AvgIpc) is 2.35. The number of hydrogen-bond donors (Lipinski definition) is 3. The minimum absolute atomic E-state index is 0.0106. The van der Waals surface area contributed by atoms with Crippen LogP contribution in [-0.2, 0) is 0 Å². The Kier molecular flexibility index (Phi) is 3.67. The lowest BCUT2D eigenvalue weighted by Crippen LogP contribution is -2.42. The molecule has 0 fully saturated rings. The number of carbonyl (C=O) groups is 2. The molecule has 86 valence electrons. The molecule has 0 bridgehead atoms. The van der Waals surface area contributed by atoms with Crippen LogP contribution in [0.3, 0.4) is 0 Å². The number of hydrazine groups is 1. The third kappa shape index (κ3) is 2.20. The normalized spacial score (nSPS) is 9.44. The lowest BCUT2D eigenvalue weighted by Gasteiger charge is -2.15. The van der Waals surface area contributed by atoms with Crippen molar-refractivity contribution in [1.82, 2.24) is 25.9 Å². The highest BCUT2D eigenvalue weighted by Crippen LogP contribution is 2.11. The molecule has 0 radical (unpaired) electrons. The van der Waals surface area contributed by atoms with Crippen LogP contribution in [0.1, 0.15) is 10.5 Å². The van der Waals surface area contributed by atoms with Gasteiger partial charge >= 0.3 is 6.03 Å². The molecule has 0 aliphatic carbocycles. The maximum Gasteiger partial charge on any atom is 0.337 e. The van der Waals surface area contributed by atoms with Crippen LogP contribution in [0, 0.1) is 0 Å². The van der Waals surface area contributed by atoms with E-state index in [0.717, 1.165) is 11.2 Å². The zero-order chi connectivity index (χ0) is 12.1. The van der Waals surface area contributed by atoms with Gasteiger partial charge in [0.2, 0.25) is 0 Å². The van der Waals surface area contributed by atoms with E-state index >= 15 is 0 Å². The van der Waals surface area contributed by atoms with Gasteiger partial charge in [0.15, 0.2) is 11.5 Å². The molecule has 0 saturated heterocycles. The number of anilines is 1. The Hall–Kier alpha value is -2.29. The van der Waals surface area contributed by atoms with Crippen molar-refractivity contribution in [2.24, 2.45) is 5.84 Å². The van der Waals surface area contributed by atoms with E-state index in [9.17, 15) is 9.59 Å². The van der Waals surface area contributed by atoms with Crippen LogP contribution in [-0.4, -0.2) is 41.2 Å². The van der Waals surface area contributed by atoms with Gasteiger partial charge in [-0.3, -0.25) is 15.1 Å². The second-order valence-corrected chi connectivity index (χ2v) is 2.72. The summed E-state index contributed by atoms with van der Waals surface area (Å²) >= 11 is 0. The summed E-state index contributed by atoms with van der Waals surface area (Å²) in [6.45, 7) is 0. The second-order valence-electron chi connectivity index (χ2n) is 2.72. The molecule has 0 unspecified atom stereocenters. The molecule has 16 heavy (non-hydrogen) atoms. The number of carbonyl (C=O) groups excluding carboxylic acids is 2. The third-order valence-electron chi connectivity index (χ3n) is 1.79. The van der Waals surface area contributed by atoms with Crippen LogP contribution >= 0.6 is 0 Å². The summed E-state index contributed by atoms with van der Waals surface area (Å²) in [6.07, 6.45) is 1.11. The Balaban J connectivity index is 3.13. The summed E-state index contributed by atoms with van der Waals surface area (Å²) in [5, 5.41) is 9.52. The van der Waals surface area contributed by atoms with Crippen LogP contribution < -0.4 is 21.5 Å². The van der Waals surface area contributed by atoms with Gasteiger partial charge in [0.05, 0.1) is 0 Å². The first-order valence-electron chi connectivity index (χ1n) is 4.25. The molecule has 0 atom stereocenters. The van der Waals surface area contributed by atoms with Crippen molar-refractivity contribution in [1.29, 1.82) is 0 Å². The van der Waals surface area contributed by atoms with E-state index in [1.165, 1.54) is 14.1 Å². The van der Waals surface area contributed by atoms with Gasteiger partial charge in [0, 0.05) is 14.1 Å². The van der Waals surface area contributed by atoms with Crippen LogP contribution in [0.2, 0.25) is 0 Å². The quantitative estimate of drug-likeness (QED) is 0.311. The van der Waals surface area contributed by atoms with Crippen molar-refractivity contribution in [2.45, 2.75) is 0 Å². The molecule has 4 N–H and O–H groups in total. The number of rotatable bonds is 2. The van der Waals surface area contributed by atoms with E-state index in [-0.39, 0.29) is 11.5 Å². The van der Waals surface area contributed by atoms with Crippen LogP contribution in [0.25, 0.3) is 0 Å². The van der Waals surface area contributed by atoms with Gasteiger partial charge in [0.25, 0.3) is 5.91 Å². The van der Waals surface area contributed by atoms with Crippen molar-refractivity contribution >= 4 is 17.8 Å². The standard InChI is InChI=1S/C7H11N7O2/c1-9-6(15)4-5(13-11-3-10-4)14(2)7(16)12-8/h3H,8H2,1-2H3,(H,9,15)(H,12,16). The fourth-order valence-corrected chi connectivity index (χ4v) is 0.967. The van der Waals surface area contributed by atoms with Gasteiger partial charge in [-0.2, -0.15) is 0 Å². The lowest BCUT2D eigenvalue weighted by molar-refractivity contribution is 0.0958. The van der Waals surface area contributed by atoms with Gasteiger partial charge in [0.1, 0.15) is 6.33 Å². The van der Waals surface area contributed by atoms with Crippen molar-refractivity contribution < 1.29 is 9.59 Å². The van der Waals surface area contributed by atoms with Gasteiger partial charge in [-0.05, 0) is 0 Å². The maximum absolute atomic E-state index is 11.4. The molecule has 9 heteroatoms. The molecular formula is C7H11N7O2. The predicted molar refractivity (Wildman–Crippen MR) is 54.3 cm³/mol. The maximum atomic E-state index is 11.4. The van der Waals surface area contributed by atoms with Gasteiger partial charge < -0.3 is 5.32 Å². The highest BCUT2D eigenvalue weighted by Gasteiger charge is 2.20. The SMILES string of the molecule is CNC(=O)c1ncnnc1N(C)C(=O)NN. The number of aromatic nitrogens is 3. The van der Waals surface area contributed by atoms with E-state index in [1.807, 2.05) is 5.43 Å². The number of nitrogens with two attached hydrogens (primary N) is 1. The van der Waals surface area contributed by atoms with Crippen molar-refractivity contribution in [3.05, 3.63) is 12.0 Å². The Labute approximate surface area is 91.0 Å². The van der Waals surface area contributed by atoms with E-state index < -0.39 is 11.9 Å². The molecule has 9 nitrogen and oxygen atoms in total. The predicted octanol–water partition coefficient (Wildman–Crippen LogP) is -1.75. The second kappa shape index (κ2) is 4.98. The fourth-order valence-electron chi connectivity index (χ4n) is 0.967. The lowest BCUT2D eigenvalue weighted by atomic mass is 10.3. The monoisotopic (exact) mass is 225 g/mol. The highest BCUT2D eigenvalue weighted by molar-refractivity contribution is 6.01. The van der Waals surface area contributed by atoms with Crippen molar-refractivity contribution in [2.75, 3.05) is 19.0 Å². The number of nitrogens with zero attached hydrogens (tertiary/aromatic N) is 4. The summed E-state index contributed by atoms with van der Waals surface area (Å²) in [7, 11) is 2.83. The summed E-state index contributed by atoms with van der Waals surface area (Å²) < 4.78 is 0. The number of hydrogen-bond acceptors (Lipinski definition) is 6. The molecular weight excluding hydrogens is 214 g/mol. The Morgan fingerprint density at radius 2 is 2.19 bits per heavy atom. The van der Waals surface area contributed by atoms with Gasteiger partial charge in [-0.25, -0.2) is 15.6 Å². The molecule has 0 aliphatic heterocycles. The first-order valence-corrected chi connectivity index (χ1v) is 4.25. The van der Waals surface area contributed by atoms with Gasteiger partial charge in [-0.15, -0.1) is 10.2 Å². The van der Waals surface area contributed by atoms with Crippen LogP contribution in [0.5, 0.6) is 0 Å². The van der Waals surface area contributed by atoms with Gasteiger partial charge in [-0.1, -0.05) is 0 Å². The first-order chi connectivity index (χ1) is 7.61. The zero-order valence-corrected chi connectivity index (χ0v) is 8.76. The topological polar surface area (TPSA) is 126 Å². The Morgan fingerprint density at radius 3 is 2.75 bits per heavy atom. The largest absolute Gasteiger partial charge is 0.354 e. The third-order valence-corrected chi connectivity index (χ3v) is 1.79. The minimum atomic E-state index is -0.632. The Bertz CT molecular complexity index is 407. The minimum Gasteiger partial charge on any atom is -0.354 e. The number of urea groups is 1. The molecule has 3 amide bonds. The molecule has 1 aromatic rings. The highest BCUT2D eigenvalue weighted by atomic mass is 16.2. The van der Waals surface area contributed by atoms with E-state index in [0.29, 0.717) is 0 Å². The molecule has 0 spiro atoms. The molecule has 1 aromatic heterocycles. The number of nitrogens with one attached hydrogen (secondary N) is 2. The number of amides is 3. The smallest absolute Gasteiger partial charge is 0.337 e. The van der Waals surface area contributed by atoms with E-state index in [2.05, 4.69) is 20.5 Å². The molecule has 1 rings (SSSR count). The summed E-state index contributed by atoms with van der Waals surface area (Å²) in [4.78, 5) is 27.4. The first kappa shape index (κ1) is 11.8. The van der Waals surface area contributed by atoms with Crippen LogP contribution in [0.4, 0.5) is 10.6 Å². The van der Waals surface area contributed by atoms with Crippen molar-refractivity contribution in [3.63, 3.8) is 0 Å². The summed E-state index contributed by atoms with van der Waals surface area (Å²) in [6, 6.07) is -0.632. The molecule has 1 heterocycles. The Morgan fingerprint density at radius 1 is 1.50 bits per heavy atom. The fraction of sp³-hybridized carbons (Fsp3) is 0.286. The summed E-state index contributed by atoms with van der Waals surface area (Å²) in [5.41, 5.74) is 1.90. The molecule has 0 aromatic carbocycles. The van der Waals surface area contributed by atoms with E-state index in [4.69, 9.17) is 5.84 Å². The molecule has 0 saturated carbocycles. The summed E-state index contributed by atoms with van der Waals surface area (Å²) in [5.74, 6) is 4.51.